The predicted octanol–water partition coefficient (Wildman–Crippen LogP) is 1.25. The fourth-order valence-corrected chi connectivity index (χ4v) is 3.48. The fourth-order valence-electron chi connectivity index (χ4n) is 3.48. The molecule has 0 saturated carbocycles. The smallest absolute Gasteiger partial charge is 0.337 e. The number of nitro groups is 1. The van der Waals surface area contributed by atoms with E-state index in [0.717, 1.165) is 0 Å². The monoisotopic (exact) mass is 342 g/mol. The Morgan fingerprint density at radius 3 is 2.68 bits per heavy atom. The first-order chi connectivity index (χ1) is 12.0. The zero-order valence-electron chi connectivity index (χ0n) is 13.3. The highest BCUT2D eigenvalue weighted by atomic mass is 16.6. The molecule has 128 valence electrons. The minimum Gasteiger partial charge on any atom is -0.456 e. The molecule has 4 rings (SSSR count). The molecule has 0 radical (unpaired) electrons. The van der Waals surface area contributed by atoms with Crippen LogP contribution in [0.4, 0.5) is 5.69 Å². The maximum atomic E-state index is 12.5. The SMILES string of the molecule is Cc1ccc(C2C3=C(COCC3=O)NC3=C2C(=O)OC3)cc1[N+](=O)[O-]. The first-order valence-corrected chi connectivity index (χ1v) is 7.73. The second-order valence-electron chi connectivity index (χ2n) is 6.14. The summed E-state index contributed by atoms with van der Waals surface area (Å²) in [5, 5.41) is 14.3. The molecule has 8 heteroatoms. The van der Waals surface area contributed by atoms with Crippen LogP contribution in [-0.2, 0) is 19.1 Å². The van der Waals surface area contributed by atoms with Crippen molar-refractivity contribution in [1.82, 2.24) is 5.32 Å². The van der Waals surface area contributed by atoms with Gasteiger partial charge in [0.05, 0.1) is 22.8 Å². The molecule has 0 bridgehead atoms. The van der Waals surface area contributed by atoms with Gasteiger partial charge >= 0.3 is 5.97 Å². The Morgan fingerprint density at radius 1 is 1.16 bits per heavy atom. The lowest BCUT2D eigenvalue weighted by molar-refractivity contribution is -0.385. The van der Waals surface area contributed by atoms with E-state index in [1.165, 1.54) is 6.07 Å². The molecule has 3 heterocycles. The van der Waals surface area contributed by atoms with E-state index in [2.05, 4.69) is 5.32 Å². The third-order valence-corrected chi connectivity index (χ3v) is 4.64. The van der Waals surface area contributed by atoms with Gasteiger partial charge in [0.2, 0.25) is 0 Å². The summed E-state index contributed by atoms with van der Waals surface area (Å²) < 4.78 is 10.4. The van der Waals surface area contributed by atoms with Crippen LogP contribution in [0.25, 0.3) is 0 Å². The summed E-state index contributed by atoms with van der Waals surface area (Å²) in [6, 6.07) is 4.76. The summed E-state index contributed by atoms with van der Waals surface area (Å²) >= 11 is 0. The van der Waals surface area contributed by atoms with E-state index >= 15 is 0 Å². The summed E-state index contributed by atoms with van der Waals surface area (Å²) in [6.07, 6.45) is 0. The summed E-state index contributed by atoms with van der Waals surface area (Å²) in [4.78, 5) is 35.5. The Bertz CT molecular complexity index is 898. The lowest BCUT2D eigenvalue weighted by Crippen LogP contribution is -2.37. The van der Waals surface area contributed by atoms with E-state index in [0.29, 0.717) is 33.7 Å². The second-order valence-corrected chi connectivity index (χ2v) is 6.14. The lowest BCUT2D eigenvalue weighted by Gasteiger charge is -2.31. The van der Waals surface area contributed by atoms with Crippen molar-refractivity contribution in [3.8, 4) is 0 Å². The number of nitrogens with zero attached hydrogens (tertiary/aromatic N) is 1. The molecule has 1 atom stereocenters. The summed E-state index contributed by atoms with van der Waals surface area (Å²) in [7, 11) is 0. The molecule has 0 saturated heterocycles. The Morgan fingerprint density at radius 2 is 1.92 bits per heavy atom. The molecule has 1 aromatic carbocycles. The van der Waals surface area contributed by atoms with E-state index in [-0.39, 0.29) is 31.3 Å². The molecule has 0 amide bonds. The van der Waals surface area contributed by atoms with Crippen LogP contribution in [0.1, 0.15) is 17.0 Å². The number of dihydropyridines is 1. The average molecular weight is 342 g/mol. The van der Waals surface area contributed by atoms with Crippen LogP contribution >= 0.6 is 0 Å². The maximum Gasteiger partial charge on any atom is 0.337 e. The quantitative estimate of drug-likeness (QED) is 0.489. The molecule has 3 aliphatic heterocycles. The third kappa shape index (κ3) is 2.33. The van der Waals surface area contributed by atoms with Crippen LogP contribution in [0.3, 0.4) is 0 Å². The molecule has 1 N–H and O–H groups in total. The van der Waals surface area contributed by atoms with E-state index < -0.39 is 16.8 Å². The number of ether oxygens (including phenoxy) is 2. The first-order valence-electron chi connectivity index (χ1n) is 7.73. The third-order valence-electron chi connectivity index (χ3n) is 4.64. The number of hydrogen-bond donors (Lipinski definition) is 1. The Labute approximate surface area is 142 Å². The van der Waals surface area contributed by atoms with E-state index in [1.54, 1.807) is 19.1 Å². The van der Waals surface area contributed by atoms with Gasteiger partial charge in [-0.25, -0.2) is 4.79 Å². The minimum atomic E-state index is -0.683. The number of nitrogens with one attached hydrogen (secondary N) is 1. The van der Waals surface area contributed by atoms with Gasteiger partial charge < -0.3 is 14.8 Å². The molecule has 0 aliphatic carbocycles. The number of esters is 1. The van der Waals surface area contributed by atoms with Crippen molar-refractivity contribution in [2.75, 3.05) is 19.8 Å². The minimum absolute atomic E-state index is 0.0498. The number of carbonyl (C=O) groups excluding carboxylic acids is 2. The number of nitro benzene ring substituents is 1. The number of rotatable bonds is 2. The average Bonchev–Trinajstić information content (AvgIpc) is 2.94. The van der Waals surface area contributed by atoms with Crippen molar-refractivity contribution in [1.29, 1.82) is 0 Å². The molecule has 8 nitrogen and oxygen atoms in total. The molecular formula is C17H14N2O6. The van der Waals surface area contributed by atoms with Crippen molar-refractivity contribution < 1.29 is 24.0 Å². The standard InChI is InChI=1S/C17H14N2O6/c1-8-2-3-9(4-12(8)19(22)23)14-15-10(5-24-7-13(15)20)18-11-6-25-17(21)16(11)14/h2-4,14,18H,5-7H2,1H3. The van der Waals surface area contributed by atoms with E-state index in [4.69, 9.17) is 9.47 Å². The molecule has 1 unspecified atom stereocenters. The predicted molar refractivity (Wildman–Crippen MR) is 84.5 cm³/mol. The highest BCUT2D eigenvalue weighted by Gasteiger charge is 2.43. The summed E-state index contributed by atoms with van der Waals surface area (Å²) in [5.74, 6) is -1.44. The van der Waals surface area contributed by atoms with Gasteiger partial charge in [-0.15, -0.1) is 0 Å². The van der Waals surface area contributed by atoms with Crippen LogP contribution in [0, 0.1) is 17.0 Å². The normalized spacial score (nSPS) is 22.4. The molecule has 3 aliphatic rings. The molecule has 1 aromatic rings. The van der Waals surface area contributed by atoms with Gasteiger partial charge in [0, 0.05) is 28.8 Å². The molecular weight excluding hydrogens is 328 g/mol. The Hall–Kier alpha value is -3.00. The van der Waals surface area contributed by atoms with Crippen LogP contribution in [-0.4, -0.2) is 36.5 Å². The van der Waals surface area contributed by atoms with Crippen LogP contribution in [0.2, 0.25) is 0 Å². The Balaban J connectivity index is 1.92. The van der Waals surface area contributed by atoms with Crippen molar-refractivity contribution in [3.63, 3.8) is 0 Å². The molecule has 0 fully saturated rings. The van der Waals surface area contributed by atoms with Gasteiger partial charge in [0.1, 0.15) is 13.2 Å². The van der Waals surface area contributed by atoms with Crippen molar-refractivity contribution in [2.45, 2.75) is 12.8 Å². The van der Waals surface area contributed by atoms with Gasteiger partial charge in [-0.1, -0.05) is 12.1 Å². The number of carbonyl (C=O) groups is 2. The number of Topliss-reactive ketones (excluding diaryl/α,β-unsaturated/α-hetero) is 1. The van der Waals surface area contributed by atoms with Gasteiger partial charge in [0.25, 0.3) is 5.69 Å². The van der Waals surface area contributed by atoms with Crippen molar-refractivity contribution >= 4 is 17.4 Å². The molecule has 0 spiro atoms. The van der Waals surface area contributed by atoms with Gasteiger partial charge in [-0.2, -0.15) is 0 Å². The lowest BCUT2D eigenvalue weighted by atomic mass is 9.78. The van der Waals surface area contributed by atoms with Gasteiger partial charge in [-0.05, 0) is 12.5 Å². The largest absolute Gasteiger partial charge is 0.456 e. The van der Waals surface area contributed by atoms with Crippen LogP contribution < -0.4 is 5.32 Å². The van der Waals surface area contributed by atoms with Crippen molar-refractivity contribution in [3.05, 3.63) is 62.0 Å². The number of hydrogen-bond acceptors (Lipinski definition) is 7. The second kappa shape index (κ2) is 5.52. The topological polar surface area (TPSA) is 108 Å². The number of aryl methyl sites for hydroxylation is 1. The van der Waals surface area contributed by atoms with E-state index in [9.17, 15) is 19.7 Å². The van der Waals surface area contributed by atoms with Crippen molar-refractivity contribution in [2.24, 2.45) is 0 Å². The summed E-state index contributed by atoms with van der Waals surface area (Å²) in [5.41, 5.74) is 2.91. The van der Waals surface area contributed by atoms with Gasteiger partial charge in [-0.3, -0.25) is 14.9 Å². The zero-order chi connectivity index (χ0) is 17.7. The Kier molecular flexibility index (Phi) is 3.43. The molecule has 25 heavy (non-hydrogen) atoms. The maximum absolute atomic E-state index is 12.5. The molecule has 0 aromatic heterocycles. The fraction of sp³-hybridized carbons (Fsp3) is 0.294. The highest BCUT2D eigenvalue weighted by Crippen LogP contribution is 2.43. The first kappa shape index (κ1) is 15.5. The zero-order valence-corrected chi connectivity index (χ0v) is 13.3. The van der Waals surface area contributed by atoms with Gasteiger partial charge in [0.15, 0.2) is 5.78 Å². The number of benzene rings is 1. The highest BCUT2D eigenvalue weighted by molar-refractivity contribution is 6.05. The summed E-state index contributed by atoms with van der Waals surface area (Å²) in [6.45, 7) is 1.87. The number of cyclic esters (lactones) is 1. The number of ketones is 1. The van der Waals surface area contributed by atoms with Crippen LogP contribution in [0.15, 0.2) is 40.7 Å². The van der Waals surface area contributed by atoms with Crippen LogP contribution in [0.5, 0.6) is 0 Å². The van der Waals surface area contributed by atoms with E-state index in [1.807, 2.05) is 0 Å².